The number of hydrogen-bond acceptors (Lipinski definition) is 6. The van der Waals surface area contributed by atoms with Gasteiger partial charge in [-0.15, -0.1) is 0 Å². The van der Waals surface area contributed by atoms with Gasteiger partial charge in [0, 0.05) is 24.8 Å². The lowest BCUT2D eigenvalue weighted by Gasteiger charge is -2.32. The van der Waals surface area contributed by atoms with E-state index in [1.165, 1.54) is 27.5 Å². The summed E-state index contributed by atoms with van der Waals surface area (Å²) in [7, 11) is 4.50. The number of aromatic nitrogens is 1. The summed E-state index contributed by atoms with van der Waals surface area (Å²) in [6.07, 6.45) is 2.89. The Labute approximate surface area is 180 Å². The minimum Gasteiger partial charge on any atom is -0.493 e. The third-order valence-corrected chi connectivity index (χ3v) is 5.19. The summed E-state index contributed by atoms with van der Waals surface area (Å²) < 4.78 is 16.0. The van der Waals surface area contributed by atoms with Crippen molar-refractivity contribution in [2.45, 2.75) is 12.8 Å². The van der Waals surface area contributed by atoms with E-state index >= 15 is 0 Å². The van der Waals surface area contributed by atoms with Crippen molar-refractivity contribution in [1.82, 2.24) is 9.88 Å². The number of likely N-dealkylation sites (tertiary alicyclic amines) is 1. The van der Waals surface area contributed by atoms with E-state index in [0.29, 0.717) is 53.2 Å². The largest absolute Gasteiger partial charge is 0.493 e. The molecule has 1 aromatic carbocycles. The fourth-order valence-electron chi connectivity index (χ4n) is 3.44. The maximum absolute atomic E-state index is 13.1. The van der Waals surface area contributed by atoms with Crippen LogP contribution in [0.4, 0.5) is 5.82 Å². The van der Waals surface area contributed by atoms with Gasteiger partial charge in [0.15, 0.2) is 11.5 Å². The van der Waals surface area contributed by atoms with Crippen molar-refractivity contribution in [3.8, 4) is 17.2 Å². The number of hydrogen-bond donors (Lipinski definition) is 1. The van der Waals surface area contributed by atoms with Crippen molar-refractivity contribution in [3.63, 3.8) is 0 Å². The van der Waals surface area contributed by atoms with Gasteiger partial charge in [-0.3, -0.25) is 9.59 Å². The van der Waals surface area contributed by atoms with Crippen LogP contribution < -0.4 is 19.5 Å². The molecule has 1 aliphatic rings. The number of nitrogens with zero attached hydrogens (tertiary/aromatic N) is 2. The molecule has 3 rings (SSSR count). The number of rotatable bonds is 6. The van der Waals surface area contributed by atoms with Gasteiger partial charge in [-0.1, -0.05) is 11.6 Å². The van der Waals surface area contributed by atoms with Crippen LogP contribution in [0.2, 0.25) is 5.02 Å². The maximum Gasteiger partial charge on any atom is 0.254 e. The van der Waals surface area contributed by atoms with Gasteiger partial charge < -0.3 is 24.4 Å². The molecule has 160 valence electrons. The van der Waals surface area contributed by atoms with Crippen molar-refractivity contribution in [1.29, 1.82) is 0 Å². The highest BCUT2D eigenvalue weighted by atomic mass is 35.5. The number of benzene rings is 1. The van der Waals surface area contributed by atoms with Gasteiger partial charge in [0.25, 0.3) is 5.91 Å². The average molecular weight is 434 g/mol. The van der Waals surface area contributed by atoms with Crippen LogP contribution in [0.5, 0.6) is 17.2 Å². The zero-order chi connectivity index (χ0) is 21.7. The molecule has 1 saturated heterocycles. The Morgan fingerprint density at radius 2 is 1.83 bits per heavy atom. The van der Waals surface area contributed by atoms with E-state index < -0.39 is 0 Å². The number of anilines is 1. The van der Waals surface area contributed by atoms with E-state index in [1.807, 2.05) is 0 Å². The molecule has 30 heavy (non-hydrogen) atoms. The van der Waals surface area contributed by atoms with Crippen LogP contribution in [-0.2, 0) is 4.79 Å². The first-order chi connectivity index (χ1) is 14.5. The lowest BCUT2D eigenvalue weighted by atomic mass is 9.96. The summed E-state index contributed by atoms with van der Waals surface area (Å²) in [5.41, 5.74) is 0.407. The summed E-state index contributed by atoms with van der Waals surface area (Å²) in [4.78, 5) is 31.5. The zero-order valence-corrected chi connectivity index (χ0v) is 17.9. The van der Waals surface area contributed by atoms with Gasteiger partial charge in [-0.05, 0) is 37.1 Å². The molecule has 1 aromatic heterocycles. The van der Waals surface area contributed by atoms with Crippen molar-refractivity contribution >= 4 is 29.2 Å². The molecule has 0 radical (unpaired) electrons. The molecule has 1 N–H and O–H groups in total. The van der Waals surface area contributed by atoms with Crippen LogP contribution >= 0.6 is 11.6 Å². The van der Waals surface area contributed by atoms with Gasteiger partial charge in [-0.2, -0.15) is 0 Å². The van der Waals surface area contributed by atoms with E-state index in [2.05, 4.69) is 10.3 Å². The van der Waals surface area contributed by atoms with E-state index in [-0.39, 0.29) is 17.7 Å². The van der Waals surface area contributed by atoms with Crippen molar-refractivity contribution in [2.75, 3.05) is 39.7 Å². The molecular weight excluding hydrogens is 410 g/mol. The standard InChI is InChI=1S/C21H24ClN3O5/c1-28-16-9-14(10-17(29-2)19(16)30-3)21(27)25-8-4-5-13(12-25)20(26)24-18-7-6-15(22)11-23-18/h6-7,9-11,13H,4-5,8,12H2,1-3H3,(H,23,24,26)/t13-/m1/s1. The van der Waals surface area contributed by atoms with Crippen LogP contribution in [0.15, 0.2) is 30.5 Å². The molecule has 1 atom stereocenters. The molecule has 1 aliphatic heterocycles. The highest BCUT2D eigenvalue weighted by Crippen LogP contribution is 2.38. The van der Waals surface area contributed by atoms with Gasteiger partial charge in [0.2, 0.25) is 11.7 Å². The second kappa shape index (κ2) is 9.67. The number of ether oxygens (including phenoxy) is 3. The smallest absolute Gasteiger partial charge is 0.254 e. The first-order valence-electron chi connectivity index (χ1n) is 9.48. The molecular formula is C21H24ClN3O5. The Balaban J connectivity index is 1.74. The summed E-state index contributed by atoms with van der Waals surface area (Å²) >= 11 is 5.83. The second-order valence-electron chi connectivity index (χ2n) is 6.86. The maximum atomic E-state index is 13.1. The molecule has 1 fully saturated rings. The number of carbonyl (C=O) groups is 2. The topological polar surface area (TPSA) is 90.0 Å². The first kappa shape index (κ1) is 21.7. The third kappa shape index (κ3) is 4.76. The molecule has 0 saturated carbocycles. The van der Waals surface area contributed by atoms with Crippen LogP contribution in [0.3, 0.4) is 0 Å². The Morgan fingerprint density at radius 1 is 1.13 bits per heavy atom. The molecule has 9 heteroatoms. The van der Waals surface area contributed by atoms with E-state index in [9.17, 15) is 9.59 Å². The summed E-state index contributed by atoms with van der Waals surface area (Å²) in [6.45, 7) is 0.882. The fraction of sp³-hybridized carbons (Fsp3) is 0.381. The van der Waals surface area contributed by atoms with Crippen molar-refractivity contribution in [3.05, 3.63) is 41.0 Å². The third-order valence-electron chi connectivity index (χ3n) is 4.97. The molecule has 0 aliphatic carbocycles. The van der Waals surface area contributed by atoms with Crippen LogP contribution in [-0.4, -0.2) is 56.1 Å². The molecule has 0 spiro atoms. The van der Waals surface area contributed by atoms with Gasteiger partial charge in [0.1, 0.15) is 5.82 Å². The number of methoxy groups -OCH3 is 3. The van der Waals surface area contributed by atoms with Crippen LogP contribution in [0.1, 0.15) is 23.2 Å². The lowest BCUT2D eigenvalue weighted by Crippen LogP contribution is -2.43. The van der Waals surface area contributed by atoms with Crippen LogP contribution in [0.25, 0.3) is 0 Å². The van der Waals surface area contributed by atoms with E-state index in [1.54, 1.807) is 29.2 Å². The Bertz CT molecular complexity index is 894. The van der Waals surface area contributed by atoms with Crippen molar-refractivity contribution < 1.29 is 23.8 Å². The summed E-state index contributed by atoms with van der Waals surface area (Å²) in [5.74, 6) is 0.951. The Kier molecular flexibility index (Phi) is 6.99. The molecule has 2 aromatic rings. The normalized spacial score (nSPS) is 16.0. The number of pyridine rings is 1. The fourth-order valence-corrected chi connectivity index (χ4v) is 3.55. The SMILES string of the molecule is COc1cc(C(=O)N2CCC[C@@H](C(=O)Nc3ccc(Cl)cn3)C2)cc(OC)c1OC. The number of piperidine rings is 1. The number of carbonyl (C=O) groups excluding carboxylic acids is 2. The Hall–Kier alpha value is -3.00. The second-order valence-corrected chi connectivity index (χ2v) is 7.29. The molecule has 0 unspecified atom stereocenters. The highest BCUT2D eigenvalue weighted by molar-refractivity contribution is 6.30. The number of halogens is 1. The van der Waals surface area contributed by atoms with E-state index in [0.717, 1.165) is 6.42 Å². The molecule has 2 heterocycles. The van der Waals surface area contributed by atoms with Gasteiger partial charge in [0.05, 0.1) is 32.3 Å². The molecule has 8 nitrogen and oxygen atoms in total. The minimum absolute atomic E-state index is 0.174. The average Bonchev–Trinajstić information content (AvgIpc) is 2.79. The minimum atomic E-state index is -0.331. The van der Waals surface area contributed by atoms with Gasteiger partial charge >= 0.3 is 0 Å². The van der Waals surface area contributed by atoms with Crippen molar-refractivity contribution in [2.24, 2.45) is 5.92 Å². The lowest BCUT2D eigenvalue weighted by molar-refractivity contribution is -0.121. The quantitative estimate of drug-likeness (QED) is 0.752. The first-order valence-corrected chi connectivity index (χ1v) is 9.86. The number of nitrogens with one attached hydrogen (secondary N) is 1. The summed E-state index contributed by atoms with van der Waals surface area (Å²) in [5, 5.41) is 3.28. The predicted octanol–water partition coefficient (Wildman–Crippen LogP) is 3.25. The summed E-state index contributed by atoms with van der Waals surface area (Å²) in [6, 6.07) is 6.53. The molecule has 2 amide bonds. The number of amides is 2. The monoisotopic (exact) mass is 433 g/mol. The zero-order valence-electron chi connectivity index (χ0n) is 17.1. The molecule has 0 bridgehead atoms. The van der Waals surface area contributed by atoms with Crippen LogP contribution in [0, 0.1) is 5.92 Å². The highest BCUT2D eigenvalue weighted by Gasteiger charge is 2.30. The van der Waals surface area contributed by atoms with Gasteiger partial charge in [-0.25, -0.2) is 4.98 Å². The predicted molar refractivity (Wildman–Crippen MR) is 113 cm³/mol. The van der Waals surface area contributed by atoms with E-state index in [4.69, 9.17) is 25.8 Å². The Morgan fingerprint density at radius 3 is 2.40 bits per heavy atom.